The number of ether oxygens (including phenoxy) is 2. The maximum atomic E-state index is 11.9. The normalized spacial score (nSPS) is 9.59. The van der Waals surface area contributed by atoms with E-state index in [0.717, 1.165) is 17.1 Å². The number of carbonyl (C=O) groups is 3. The smallest absolute Gasteiger partial charge is 0.414 e. The molecule has 4 N–H and O–H groups in total. The number of hydrogen-bond acceptors (Lipinski definition) is 7. The van der Waals surface area contributed by atoms with Gasteiger partial charge in [-0.15, -0.1) is 0 Å². The van der Waals surface area contributed by atoms with Gasteiger partial charge in [-0.1, -0.05) is 0 Å². The topological polar surface area (TPSA) is 147 Å². The zero-order valence-electron chi connectivity index (χ0n) is 16.0. The average molecular weight is 405 g/mol. The van der Waals surface area contributed by atoms with Crippen LogP contribution >= 0.6 is 0 Å². The molecule has 29 heavy (non-hydrogen) atoms. The highest BCUT2D eigenvalue weighted by atomic mass is 16.5. The number of rotatable bonds is 8. The summed E-state index contributed by atoms with van der Waals surface area (Å²) >= 11 is 0. The van der Waals surface area contributed by atoms with Crippen LogP contribution in [0.1, 0.15) is 15.9 Å². The Morgan fingerprint density at radius 2 is 1.62 bits per heavy atom. The molecular formula is C19H23N3O7. The highest BCUT2D eigenvalue weighted by Crippen LogP contribution is 2.23. The lowest BCUT2D eigenvalue weighted by Crippen LogP contribution is -2.31. The van der Waals surface area contributed by atoms with Gasteiger partial charge in [0.05, 0.1) is 14.2 Å². The Balaban J connectivity index is 0.000000612. The van der Waals surface area contributed by atoms with E-state index in [1.54, 1.807) is 38.7 Å². The van der Waals surface area contributed by atoms with Crippen molar-refractivity contribution in [2.24, 2.45) is 0 Å². The van der Waals surface area contributed by atoms with Crippen LogP contribution in [0.25, 0.3) is 0 Å². The van der Waals surface area contributed by atoms with E-state index in [-0.39, 0.29) is 5.91 Å². The molecule has 1 amide bonds. The number of amides is 1. The summed E-state index contributed by atoms with van der Waals surface area (Å²) in [6.45, 7) is 1.82. The van der Waals surface area contributed by atoms with Crippen LogP contribution in [-0.4, -0.2) is 60.4 Å². The Bertz CT molecular complexity index is 801. The van der Waals surface area contributed by atoms with Crippen LogP contribution < -0.4 is 20.1 Å². The molecule has 1 aromatic heterocycles. The molecule has 0 aliphatic heterocycles. The molecule has 0 aliphatic rings. The van der Waals surface area contributed by atoms with E-state index in [9.17, 15) is 4.79 Å². The third kappa shape index (κ3) is 8.71. The quantitative estimate of drug-likeness (QED) is 0.369. The number of carboxylic acids is 2. The fourth-order valence-corrected chi connectivity index (χ4v) is 2.11. The standard InChI is InChI=1S/C17H21N3O3.C2H2O4/c1-22-15-3-4-16(23-2)14(11-15)12-19-9-10-20-17(21)13-5-7-18-8-6-13;3-1(4)2(5)6/h3-8,11,19H,9-10,12H2,1-2H3,(H,20,21);(H,3,4)(H,5,6). The van der Waals surface area contributed by atoms with E-state index >= 15 is 0 Å². The summed E-state index contributed by atoms with van der Waals surface area (Å²) in [5.41, 5.74) is 1.61. The van der Waals surface area contributed by atoms with Crippen LogP contribution in [0.5, 0.6) is 11.5 Å². The molecule has 10 nitrogen and oxygen atoms in total. The van der Waals surface area contributed by atoms with Crippen molar-refractivity contribution < 1.29 is 34.1 Å². The largest absolute Gasteiger partial charge is 0.497 e. The van der Waals surface area contributed by atoms with E-state index in [2.05, 4.69) is 15.6 Å². The Morgan fingerprint density at radius 3 is 2.17 bits per heavy atom. The first-order valence-electron chi connectivity index (χ1n) is 8.45. The Morgan fingerprint density at radius 1 is 0.966 bits per heavy atom. The molecule has 0 aliphatic carbocycles. The van der Waals surface area contributed by atoms with Gasteiger partial charge in [0.1, 0.15) is 11.5 Å². The van der Waals surface area contributed by atoms with Gasteiger partial charge in [0.2, 0.25) is 0 Å². The second kappa shape index (κ2) is 12.7. The molecule has 1 aromatic carbocycles. The van der Waals surface area contributed by atoms with Crippen LogP contribution in [0.4, 0.5) is 0 Å². The van der Waals surface area contributed by atoms with Crippen LogP contribution in [0.3, 0.4) is 0 Å². The van der Waals surface area contributed by atoms with Crippen LogP contribution in [0, 0.1) is 0 Å². The van der Waals surface area contributed by atoms with Crippen molar-refractivity contribution in [3.63, 3.8) is 0 Å². The lowest BCUT2D eigenvalue weighted by atomic mass is 10.2. The predicted molar refractivity (Wildman–Crippen MR) is 103 cm³/mol. The van der Waals surface area contributed by atoms with Crippen LogP contribution in [0.2, 0.25) is 0 Å². The molecule has 0 saturated carbocycles. The molecule has 10 heteroatoms. The van der Waals surface area contributed by atoms with Crippen molar-refractivity contribution in [2.75, 3.05) is 27.3 Å². The maximum absolute atomic E-state index is 11.9. The Hall–Kier alpha value is -3.66. The lowest BCUT2D eigenvalue weighted by molar-refractivity contribution is -0.159. The summed E-state index contributed by atoms with van der Waals surface area (Å²) in [6, 6.07) is 9.04. The van der Waals surface area contributed by atoms with Gasteiger partial charge in [-0.05, 0) is 30.3 Å². The minimum atomic E-state index is -1.82. The summed E-state index contributed by atoms with van der Waals surface area (Å²) < 4.78 is 10.5. The first kappa shape index (κ1) is 23.4. The number of carbonyl (C=O) groups excluding carboxylic acids is 1. The minimum absolute atomic E-state index is 0.104. The molecule has 0 spiro atoms. The molecular weight excluding hydrogens is 382 g/mol. The van der Waals surface area contributed by atoms with Crippen molar-refractivity contribution in [2.45, 2.75) is 6.54 Å². The highest BCUT2D eigenvalue weighted by Gasteiger charge is 2.06. The summed E-state index contributed by atoms with van der Waals surface area (Å²) in [4.78, 5) is 33.9. The molecule has 0 unspecified atom stereocenters. The van der Waals surface area contributed by atoms with Crippen LogP contribution in [-0.2, 0) is 16.1 Å². The number of aromatic nitrogens is 1. The zero-order valence-corrected chi connectivity index (χ0v) is 16.0. The first-order valence-corrected chi connectivity index (χ1v) is 8.45. The van der Waals surface area contributed by atoms with E-state index < -0.39 is 11.9 Å². The first-order chi connectivity index (χ1) is 13.9. The number of carboxylic acid groups (broad SMARTS) is 2. The molecule has 0 bridgehead atoms. The average Bonchev–Trinajstić information content (AvgIpc) is 2.74. The molecule has 1 heterocycles. The van der Waals surface area contributed by atoms with Crippen molar-refractivity contribution in [1.82, 2.24) is 15.6 Å². The number of benzene rings is 1. The molecule has 0 atom stereocenters. The van der Waals surface area contributed by atoms with Gasteiger partial charge in [0.25, 0.3) is 5.91 Å². The SMILES string of the molecule is COc1ccc(OC)c(CNCCNC(=O)c2ccncc2)c1.O=C(O)C(=O)O. The van der Waals surface area contributed by atoms with Gasteiger partial charge >= 0.3 is 11.9 Å². The van der Waals surface area contributed by atoms with Gasteiger partial charge in [0, 0.05) is 43.2 Å². The fraction of sp³-hybridized carbons (Fsp3) is 0.263. The van der Waals surface area contributed by atoms with Gasteiger partial charge < -0.3 is 30.3 Å². The molecule has 0 saturated heterocycles. The summed E-state index contributed by atoms with van der Waals surface area (Å²) in [7, 11) is 3.27. The summed E-state index contributed by atoms with van der Waals surface area (Å²) in [5, 5.41) is 20.9. The van der Waals surface area contributed by atoms with Crippen molar-refractivity contribution >= 4 is 17.8 Å². The van der Waals surface area contributed by atoms with Crippen molar-refractivity contribution in [3.8, 4) is 11.5 Å². The van der Waals surface area contributed by atoms with Gasteiger partial charge in [0.15, 0.2) is 0 Å². The number of pyridine rings is 1. The van der Waals surface area contributed by atoms with E-state index in [1.807, 2.05) is 18.2 Å². The Labute approximate surface area is 167 Å². The van der Waals surface area contributed by atoms with Crippen LogP contribution in [0.15, 0.2) is 42.7 Å². The summed E-state index contributed by atoms with van der Waals surface area (Å²) in [5.74, 6) is -2.16. The zero-order chi connectivity index (χ0) is 21.6. The number of hydrogen-bond donors (Lipinski definition) is 4. The second-order valence-electron chi connectivity index (χ2n) is 5.46. The van der Waals surface area contributed by atoms with E-state index in [1.165, 1.54) is 0 Å². The maximum Gasteiger partial charge on any atom is 0.414 e. The minimum Gasteiger partial charge on any atom is -0.497 e. The predicted octanol–water partition coefficient (Wildman–Crippen LogP) is 0.774. The highest BCUT2D eigenvalue weighted by molar-refractivity contribution is 6.27. The number of methoxy groups -OCH3 is 2. The molecule has 2 rings (SSSR count). The number of nitrogens with zero attached hydrogens (tertiary/aromatic N) is 1. The van der Waals surface area contributed by atoms with E-state index in [4.69, 9.17) is 29.3 Å². The Kier molecular flexibility index (Phi) is 10.2. The third-order valence-corrected chi connectivity index (χ3v) is 3.52. The van der Waals surface area contributed by atoms with Gasteiger partial charge in [-0.25, -0.2) is 9.59 Å². The summed E-state index contributed by atoms with van der Waals surface area (Å²) in [6.07, 6.45) is 3.20. The number of aliphatic carboxylic acids is 2. The second-order valence-corrected chi connectivity index (χ2v) is 5.46. The molecule has 2 aromatic rings. The fourth-order valence-electron chi connectivity index (χ4n) is 2.11. The van der Waals surface area contributed by atoms with Crippen molar-refractivity contribution in [3.05, 3.63) is 53.9 Å². The molecule has 0 radical (unpaired) electrons. The van der Waals surface area contributed by atoms with Gasteiger partial charge in [-0.2, -0.15) is 0 Å². The van der Waals surface area contributed by atoms with E-state index in [0.29, 0.717) is 25.2 Å². The van der Waals surface area contributed by atoms with Crippen molar-refractivity contribution in [1.29, 1.82) is 0 Å². The number of nitrogens with one attached hydrogen (secondary N) is 2. The molecule has 0 fully saturated rings. The van der Waals surface area contributed by atoms with Gasteiger partial charge in [-0.3, -0.25) is 9.78 Å². The lowest BCUT2D eigenvalue weighted by Gasteiger charge is -2.11. The third-order valence-electron chi connectivity index (χ3n) is 3.52. The monoisotopic (exact) mass is 405 g/mol. The molecule has 156 valence electrons.